The number of urea groups is 1. The topological polar surface area (TPSA) is 114 Å². The number of carbonyl (C=O) groups excluding carboxylic acids is 3. The summed E-state index contributed by atoms with van der Waals surface area (Å²) in [6.45, 7) is 2.55. The van der Waals surface area contributed by atoms with Crippen LogP contribution in [0.4, 0.5) is 16.2 Å². The molecular formula is C23H22ClN5O4S. The van der Waals surface area contributed by atoms with Crippen molar-refractivity contribution in [2.75, 3.05) is 23.8 Å². The lowest BCUT2D eigenvalue weighted by Crippen LogP contribution is -2.34. The van der Waals surface area contributed by atoms with E-state index in [9.17, 15) is 14.4 Å². The Morgan fingerprint density at radius 3 is 2.68 bits per heavy atom. The second-order valence-electron chi connectivity index (χ2n) is 7.49. The molecule has 1 aliphatic heterocycles. The zero-order valence-electron chi connectivity index (χ0n) is 18.3. The van der Waals surface area contributed by atoms with Crippen LogP contribution >= 0.6 is 22.9 Å². The summed E-state index contributed by atoms with van der Waals surface area (Å²) in [5, 5.41) is 15.2. The van der Waals surface area contributed by atoms with Crippen LogP contribution in [0.15, 0.2) is 48.5 Å². The lowest BCUT2D eigenvalue weighted by Gasteiger charge is -2.23. The van der Waals surface area contributed by atoms with E-state index in [2.05, 4.69) is 20.8 Å². The lowest BCUT2D eigenvalue weighted by molar-refractivity contribution is 0.0526. The van der Waals surface area contributed by atoms with Gasteiger partial charge in [0.1, 0.15) is 5.01 Å². The van der Waals surface area contributed by atoms with E-state index in [-0.39, 0.29) is 29.6 Å². The van der Waals surface area contributed by atoms with E-state index in [0.29, 0.717) is 39.9 Å². The summed E-state index contributed by atoms with van der Waals surface area (Å²) in [4.78, 5) is 39.2. The highest BCUT2D eigenvalue weighted by Gasteiger charge is 2.33. The maximum atomic E-state index is 13.0. The number of benzene rings is 2. The van der Waals surface area contributed by atoms with Gasteiger partial charge in [-0.05, 0) is 62.2 Å². The molecule has 11 heteroatoms. The first-order chi connectivity index (χ1) is 16.4. The van der Waals surface area contributed by atoms with E-state index in [1.165, 1.54) is 0 Å². The van der Waals surface area contributed by atoms with Crippen molar-refractivity contribution in [2.24, 2.45) is 0 Å². The van der Waals surface area contributed by atoms with Gasteiger partial charge in [-0.25, -0.2) is 9.59 Å². The van der Waals surface area contributed by atoms with E-state index in [1.54, 1.807) is 60.4 Å². The Balaban J connectivity index is 1.42. The van der Waals surface area contributed by atoms with Crippen LogP contribution in [0.25, 0.3) is 0 Å². The number of ether oxygens (including phenoxy) is 1. The molecule has 3 aromatic rings. The summed E-state index contributed by atoms with van der Waals surface area (Å²) < 4.78 is 5.01. The third-order valence-corrected chi connectivity index (χ3v) is 6.44. The van der Waals surface area contributed by atoms with Gasteiger partial charge in [0.2, 0.25) is 5.01 Å². The fourth-order valence-corrected chi connectivity index (χ4v) is 4.59. The van der Waals surface area contributed by atoms with Gasteiger partial charge in [0.05, 0.1) is 18.2 Å². The molecule has 3 amide bonds. The van der Waals surface area contributed by atoms with Crippen molar-refractivity contribution in [3.8, 4) is 0 Å². The third kappa shape index (κ3) is 5.52. The van der Waals surface area contributed by atoms with Crippen molar-refractivity contribution < 1.29 is 19.1 Å². The Labute approximate surface area is 205 Å². The maximum absolute atomic E-state index is 13.0. The van der Waals surface area contributed by atoms with E-state index >= 15 is 0 Å². The Morgan fingerprint density at radius 1 is 1.12 bits per heavy atom. The molecule has 1 aliphatic rings. The van der Waals surface area contributed by atoms with E-state index in [4.69, 9.17) is 16.3 Å². The normalized spacial score (nSPS) is 15.1. The number of amides is 3. The van der Waals surface area contributed by atoms with Crippen LogP contribution in [0, 0.1) is 0 Å². The minimum absolute atomic E-state index is 0.208. The molecule has 0 saturated carbocycles. The van der Waals surface area contributed by atoms with Crippen molar-refractivity contribution in [2.45, 2.75) is 25.8 Å². The lowest BCUT2D eigenvalue weighted by atomic mass is 10.2. The van der Waals surface area contributed by atoms with Crippen molar-refractivity contribution in [1.29, 1.82) is 0 Å². The molecule has 2 heterocycles. The summed E-state index contributed by atoms with van der Waals surface area (Å²) in [7, 11) is 0. The highest BCUT2D eigenvalue weighted by atomic mass is 35.5. The molecule has 1 saturated heterocycles. The molecule has 1 fully saturated rings. The average molecular weight is 500 g/mol. The molecule has 4 rings (SSSR count). The average Bonchev–Trinajstić information content (AvgIpc) is 3.51. The number of aromatic nitrogens is 2. The smallest absolute Gasteiger partial charge is 0.338 e. The number of nitrogens with zero attached hydrogens (tertiary/aromatic N) is 3. The van der Waals surface area contributed by atoms with Crippen molar-refractivity contribution in [3.05, 3.63) is 69.1 Å². The van der Waals surface area contributed by atoms with Crippen molar-refractivity contribution >= 4 is 52.2 Å². The minimum Gasteiger partial charge on any atom is -0.462 e. The summed E-state index contributed by atoms with van der Waals surface area (Å²) in [5.74, 6) is -0.827. The highest BCUT2D eigenvalue weighted by molar-refractivity contribution is 7.13. The van der Waals surface area contributed by atoms with Gasteiger partial charge in [0.25, 0.3) is 5.91 Å². The fraction of sp³-hybridized carbons (Fsp3) is 0.261. The first kappa shape index (κ1) is 23.7. The van der Waals surface area contributed by atoms with E-state index in [1.807, 2.05) is 0 Å². The number of nitrogens with one attached hydrogen (secondary N) is 2. The van der Waals surface area contributed by atoms with Crippen LogP contribution in [-0.4, -0.2) is 46.2 Å². The minimum atomic E-state index is -0.448. The predicted octanol–water partition coefficient (Wildman–Crippen LogP) is 4.99. The summed E-state index contributed by atoms with van der Waals surface area (Å²) >= 11 is 7.03. The molecule has 0 radical (unpaired) electrons. The Morgan fingerprint density at radius 2 is 1.91 bits per heavy atom. The van der Waals surface area contributed by atoms with E-state index in [0.717, 1.165) is 17.8 Å². The molecule has 0 bridgehead atoms. The standard InChI is InChI=1S/C23H22ClN5O4S/c1-2-33-22(31)14-5-3-6-17(13-14)26-23(32)29-12-4-7-18(29)20-27-28-21(34-20)19(30)25-16-10-8-15(24)9-11-16/h3,5-6,8-11,13,18H,2,4,7,12H2,1H3,(H,25,30)(H,26,32). The van der Waals surface area contributed by atoms with Gasteiger partial charge in [-0.1, -0.05) is 29.0 Å². The summed E-state index contributed by atoms with van der Waals surface area (Å²) in [5.41, 5.74) is 1.44. The summed E-state index contributed by atoms with van der Waals surface area (Å²) in [6.07, 6.45) is 1.51. The summed E-state index contributed by atoms with van der Waals surface area (Å²) in [6, 6.07) is 12.7. The number of anilines is 2. The van der Waals surface area contributed by atoms with Gasteiger partial charge in [-0.3, -0.25) is 4.79 Å². The molecule has 9 nitrogen and oxygen atoms in total. The number of halogens is 1. The number of esters is 1. The molecule has 0 spiro atoms. The SMILES string of the molecule is CCOC(=O)c1cccc(NC(=O)N2CCCC2c2nnc(C(=O)Nc3ccc(Cl)cc3)s2)c1. The molecule has 34 heavy (non-hydrogen) atoms. The van der Waals surface area contributed by atoms with E-state index < -0.39 is 5.97 Å². The molecule has 1 atom stereocenters. The first-order valence-corrected chi connectivity index (χ1v) is 11.9. The largest absolute Gasteiger partial charge is 0.462 e. The molecular weight excluding hydrogens is 478 g/mol. The zero-order valence-corrected chi connectivity index (χ0v) is 19.9. The van der Waals surface area contributed by atoms with Crippen LogP contribution in [0.2, 0.25) is 5.02 Å². The Hall–Kier alpha value is -3.50. The van der Waals surface area contributed by atoms with Gasteiger partial charge in [-0.2, -0.15) is 0 Å². The monoisotopic (exact) mass is 499 g/mol. The first-order valence-electron chi connectivity index (χ1n) is 10.7. The van der Waals surface area contributed by atoms with Gasteiger partial charge in [0.15, 0.2) is 0 Å². The van der Waals surface area contributed by atoms with Gasteiger partial charge in [-0.15, -0.1) is 10.2 Å². The maximum Gasteiger partial charge on any atom is 0.338 e. The van der Waals surface area contributed by atoms with Crippen LogP contribution in [0.1, 0.15) is 51.0 Å². The van der Waals surface area contributed by atoms with Gasteiger partial charge in [0, 0.05) is 22.9 Å². The number of hydrogen-bond acceptors (Lipinski definition) is 7. The fourth-order valence-electron chi connectivity index (χ4n) is 3.58. The second-order valence-corrected chi connectivity index (χ2v) is 8.93. The van der Waals surface area contributed by atoms with Gasteiger partial charge >= 0.3 is 12.0 Å². The molecule has 1 unspecified atom stereocenters. The number of hydrogen-bond donors (Lipinski definition) is 2. The number of likely N-dealkylation sites (tertiary alicyclic amines) is 1. The highest BCUT2D eigenvalue weighted by Crippen LogP contribution is 2.34. The quantitative estimate of drug-likeness (QED) is 0.462. The molecule has 176 valence electrons. The van der Waals surface area contributed by atoms with Gasteiger partial charge < -0.3 is 20.3 Å². The number of carbonyl (C=O) groups is 3. The van der Waals surface area contributed by atoms with Crippen LogP contribution in [0.5, 0.6) is 0 Å². The predicted molar refractivity (Wildman–Crippen MR) is 129 cm³/mol. The Bertz CT molecular complexity index is 1200. The zero-order chi connectivity index (χ0) is 24.1. The molecule has 0 aliphatic carbocycles. The third-order valence-electron chi connectivity index (χ3n) is 5.16. The van der Waals surface area contributed by atoms with Crippen LogP contribution < -0.4 is 10.6 Å². The number of rotatable bonds is 6. The van der Waals surface area contributed by atoms with Crippen LogP contribution in [-0.2, 0) is 4.74 Å². The van der Waals surface area contributed by atoms with Crippen LogP contribution in [0.3, 0.4) is 0 Å². The molecule has 2 N–H and O–H groups in total. The second kappa shape index (κ2) is 10.6. The van der Waals surface area contributed by atoms with Crippen molar-refractivity contribution in [3.63, 3.8) is 0 Å². The van der Waals surface area contributed by atoms with Crippen molar-refractivity contribution in [1.82, 2.24) is 15.1 Å². The molecule has 2 aromatic carbocycles. The Kier molecular flexibility index (Phi) is 7.39. The molecule has 1 aromatic heterocycles.